The first kappa shape index (κ1) is 10.8. The summed E-state index contributed by atoms with van der Waals surface area (Å²) in [6.45, 7) is 0. The van der Waals surface area contributed by atoms with E-state index in [2.05, 4.69) is 0 Å². The van der Waals surface area contributed by atoms with Crippen molar-refractivity contribution in [1.29, 1.82) is 0 Å². The molecule has 0 aromatic heterocycles. The third kappa shape index (κ3) is 2.26. The molecule has 82 valence electrons. The lowest BCUT2D eigenvalue weighted by molar-refractivity contribution is 0.186. The van der Waals surface area contributed by atoms with Gasteiger partial charge >= 0.3 is 0 Å². The zero-order valence-electron chi connectivity index (χ0n) is 8.23. The molecule has 0 heterocycles. The van der Waals surface area contributed by atoms with E-state index < -0.39 is 16.9 Å². The van der Waals surface area contributed by atoms with E-state index in [-0.39, 0.29) is 11.1 Å². The van der Waals surface area contributed by atoms with Gasteiger partial charge in [-0.1, -0.05) is 6.07 Å². The van der Waals surface area contributed by atoms with Crippen LogP contribution >= 0.6 is 0 Å². The fourth-order valence-corrected chi connectivity index (χ4v) is 3.52. The molecule has 3 unspecified atom stereocenters. The smallest absolute Gasteiger partial charge is 0.124 e. The molecule has 1 aromatic rings. The molecule has 0 radical (unpaired) electrons. The molecule has 0 aliphatic heterocycles. The zero-order valence-corrected chi connectivity index (χ0v) is 9.04. The molecule has 1 saturated carbocycles. The molecule has 2 nitrogen and oxygen atoms in total. The number of hydrogen-bond donors (Lipinski definition) is 1. The molecular formula is C11H13FO2S. The van der Waals surface area contributed by atoms with Crippen LogP contribution in [0, 0.1) is 5.82 Å². The van der Waals surface area contributed by atoms with Gasteiger partial charge in [0.2, 0.25) is 0 Å². The van der Waals surface area contributed by atoms with Crippen molar-refractivity contribution in [3.63, 3.8) is 0 Å². The van der Waals surface area contributed by atoms with Crippen molar-refractivity contribution in [3.05, 3.63) is 30.1 Å². The summed E-state index contributed by atoms with van der Waals surface area (Å²) in [5.74, 6) is -0.381. The number of aliphatic hydroxyl groups is 1. The number of hydrogen-bond acceptors (Lipinski definition) is 2. The predicted molar refractivity (Wildman–Crippen MR) is 56.5 cm³/mol. The van der Waals surface area contributed by atoms with Crippen LogP contribution in [0.2, 0.25) is 0 Å². The third-order valence-electron chi connectivity index (χ3n) is 2.72. The highest BCUT2D eigenvalue weighted by atomic mass is 32.2. The van der Waals surface area contributed by atoms with Crippen molar-refractivity contribution in [2.45, 2.75) is 35.5 Å². The van der Waals surface area contributed by atoms with Crippen molar-refractivity contribution in [2.75, 3.05) is 0 Å². The average Bonchev–Trinajstić information content (AvgIpc) is 2.63. The highest BCUT2D eigenvalue weighted by Crippen LogP contribution is 2.27. The van der Waals surface area contributed by atoms with Gasteiger partial charge in [-0.3, -0.25) is 4.21 Å². The van der Waals surface area contributed by atoms with Crippen LogP contribution in [0.25, 0.3) is 0 Å². The van der Waals surface area contributed by atoms with E-state index in [1.165, 1.54) is 12.1 Å². The lowest BCUT2D eigenvalue weighted by Gasteiger charge is -2.13. The molecule has 3 atom stereocenters. The Morgan fingerprint density at radius 3 is 2.80 bits per heavy atom. The van der Waals surface area contributed by atoms with E-state index in [9.17, 15) is 13.7 Å². The molecule has 1 N–H and O–H groups in total. The van der Waals surface area contributed by atoms with Crippen LogP contribution in [0.15, 0.2) is 29.2 Å². The summed E-state index contributed by atoms with van der Waals surface area (Å²) in [6, 6.07) is 5.79. The van der Waals surface area contributed by atoms with Gasteiger partial charge in [0.1, 0.15) is 5.82 Å². The summed E-state index contributed by atoms with van der Waals surface area (Å²) in [5, 5.41) is 9.37. The van der Waals surface area contributed by atoms with Crippen LogP contribution in [0.4, 0.5) is 4.39 Å². The van der Waals surface area contributed by atoms with Gasteiger partial charge in [-0.05, 0) is 37.5 Å². The first-order valence-corrected chi connectivity index (χ1v) is 6.24. The molecule has 0 amide bonds. The summed E-state index contributed by atoms with van der Waals surface area (Å²) in [4.78, 5) is 0.473. The fraction of sp³-hybridized carbons (Fsp3) is 0.455. The number of aliphatic hydroxyl groups excluding tert-OH is 1. The maximum Gasteiger partial charge on any atom is 0.124 e. The largest absolute Gasteiger partial charge is 0.392 e. The van der Waals surface area contributed by atoms with Crippen molar-refractivity contribution in [2.24, 2.45) is 0 Å². The summed E-state index contributed by atoms with van der Waals surface area (Å²) in [5.41, 5.74) is 0. The maximum atomic E-state index is 12.9. The van der Waals surface area contributed by atoms with Crippen molar-refractivity contribution in [1.82, 2.24) is 0 Å². The van der Waals surface area contributed by atoms with Crippen LogP contribution in [0.5, 0.6) is 0 Å². The van der Waals surface area contributed by atoms with Gasteiger partial charge in [-0.15, -0.1) is 0 Å². The Bertz CT molecular complexity index is 381. The molecule has 1 aromatic carbocycles. The summed E-state index contributed by atoms with van der Waals surface area (Å²) >= 11 is 0. The Labute approximate surface area is 90.6 Å². The second-order valence-corrected chi connectivity index (χ2v) is 5.46. The van der Waals surface area contributed by atoms with Gasteiger partial charge in [0, 0.05) is 4.90 Å². The maximum absolute atomic E-state index is 12.9. The zero-order chi connectivity index (χ0) is 10.8. The predicted octanol–water partition coefficient (Wildman–Crippen LogP) is 1.85. The van der Waals surface area contributed by atoms with Gasteiger partial charge in [-0.25, -0.2) is 4.39 Å². The lowest BCUT2D eigenvalue weighted by atomic mass is 10.3. The molecule has 1 fully saturated rings. The molecule has 0 bridgehead atoms. The Balaban J connectivity index is 2.20. The minimum Gasteiger partial charge on any atom is -0.392 e. The highest BCUT2D eigenvalue weighted by molar-refractivity contribution is 7.85. The van der Waals surface area contributed by atoms with E-state index >= 15 is 0 Å². The minimum absolute atomic E-state index is 0.230. The van der Waals surface area contributed by atoms with E-state index in [1.807, 2.05) is 0 Å². The van der Waals surface area contributed by atoms with Gasteiger partial charge in [0.25, 0.3) is 0 Å². The SMILES string of the molecule is O=S(c1cccc(F)c1)C1CCCC1O. The van der Waals surface area contributed by atoms with Crippen molar-refractivity contribution in [3.8, 4) is 0 Å². The monoisotopic (exact) mass is 228 g/mol. The van der Waals surface area contributed by atoms with Gasteiger partial charge < -0.3 is 5.11 Å². The van der Waals surface area contributed by atoms with Gasteiger partial charge in [0.05, 0.1) is 22.2 Å². The van der Waals surface area contributed by atoms with Crippen molar-refractivity contribution >= 4 is 10.8 Å². The average molecular weight is 228 g/mol. The summed E-state index contributed by atoms with van der Waals surface area (Å²) in [6.07, 6.45) is 1.84. The van der Waals surface area contributed by atoms with Gasteiger partial charge in [0.15, 0.2) is 0 Å². The second kappa shape index (κ2) is 4.41. The summed E-state index contributed by atoms with van der Waals surface area (Å²) in [7, 11) is -1.29. The molecule has 1 aliphatic rings. The Kier molecular flexibility index (Phi) is 3.17. The molecule has 1 aliphatic carbocycles. The fourth-order valence-electron chi connectivity index (χ4n) is 1.92. The second-order valence-electron chi connectivity index (χ2n) is 3.79. The summed E-state index contributed by atoms with van der Waals surface area (Å²) < 4.78 is 24.9. The Morgan fingerprint density at radius 2 is 2.20 bits per heavy atom. The van der Waals surface area contributed by atoms with Crippen molar-refractivity contribution < 1.29 is 13.7 Å². The van der Waals surface area contributed by atoms with E-state index in [1.54, 1.807) is 12.1 Å². The quantitative estimate of drug-likeness (QED) is 0.838. The normalized spacial score (nSPS) is 27.9. The molecule has 0 saturated heterocycles. The van der Waals surface area contributed by atoms with Crippen LogP contribution in [-0.4, -0.2) is 20.7 Å². The third-order valence-corrected chi connectivity index (χ3v) is 4.54. The molecular weight excluding hydrogens is 215 g/mol. The van der Waals surface area contributed by atoms with E-state index in [0.29, 0.717) is 11.3 Å². The van der Waals surface area contributed by atoms with Crippen LogP contribution in [0.1, 0.15) is 19.3 Å². The highest BCUT2D eigenvalue weighted by Gasteiger charge is 2.31. The van der Waals surface area contributed by atoms with Crippen LogP contribution in [0.3, 0.4) is 0 Å². The van der Waals surface area contributed by atoms with Crippen LogP contribution < -0.4 is 0 Å². The van der Waals surface area contributed by atoms with Crippen LogP contribution in [-0.2, 0) is 10.8 Å². The lowest BCUT2D eigenvalue weighted by Crippen LogP contribution is -2.24. The molecule has 0 spiro atoms. The number of benzene rings is 1. The standard InChI is InChI=1S/C11H13FO2S/c12-8-3-1-4-9(7-8)15(14)11-6-2-5-10(11)13/h1,3-4,7,10-11,13H,2,5-6H2. The van der Waals surface area contributed by atoms with E-state index in [0.717, 1.165) is 12.8 Å². The first-order valence-electron chi connectivity index (χ1n) is 5.02. The minimum atomic E-state index is -1.29. The topological polar surface area (TPSA) is 37.3 Å². The molecule has 15 heavy (non-hydrogen) atoms. The molecule has 4 heteroatoms. The Morgan fingerprint density at radius 1 is 1.40 bits per heavy atom. The van der Waals surface area contributed by atoms with Gasteiger partial charge in [-0.2, -0.15) is 0 Å². The number of rotatable bonds is 2. The molecule has 2 rings (SSSR count). The first-order chi connectivity index (χ1) is 7.18. The van der Waals surface area contributed by atoms with E-state index in [4.69, 9.17) is 0 Å². The number of halogens is 1. The Hall–Kier alpha value is -0.740.